The maximum Gasteiger partial charge on any atom is 0.311 e. The average molecular weight is 312 g/mol. The monoisotopic (exact) mass is 312 g/mol. The van der Waals surface area contributed by atoms with Crippen LogP contribution in [0.25, 0.3) is 0 Å². The second kappa shape index (κ2) is 7.32. The van der Waals surface area contributed by atoms with Gasteiger partial charge in [0.1, 0.15) is 11.5 Å². The summed E-state index contributed by atoms with van der Waals surface area (Å²) >= 11 is 0. The summed E-state index contributed by atoms with van der Waals surface area (Å²) in [5.74, 6) is 0.631. The Kier molecular flexibility index (Phi) is 5.43. The number of aryl methyl sites for hydroxylation is 1. The molecule has 0 atom stereocenters. The van der Waals surface area contributed by atoms with E-state index in [1.807, 2.05) is 36.4 Å². The van der Waals surface area contributed by atoms with Crippen molar-refractivity contribution in [2.24, 2.45) is 0 Å². The lowest BCUT2D eigenvalue weighted by Crippen LogP contribution is -2.11. The van der Waals surface area contributed by atoms with Crippen LogP contribution in [0.15, 0.2) is 48.5 Å². The third-order valence-electron chi connectivity index (χ3n) is 3.73. The first-order chi connectivity index (χ1) is 10.8. The van der Waals surface area contributed by atoms with Gasteiger partial charge in [0.2, 0.25) is 0 Å². The molecule has 2 aromatic carbocycles. The molecule has 0 heterocycles. The fraction of sp³-hybridized carbons (Fsp3) is 0.350. The predicted molar refractivity (Wildman–Crippen MR) is 91.8 cm³/mol. The summed E-state index contributed by atoms with van der Waals surface area (Å²) in [5, 5.41) is 9.23. The summed E-state index contributed by atoms with van der Waals surface area (Å²) in [6, 6.07) is 14.7. The molecule has 0 saturated heterocycles. The second-order valence-corrected chi connectivity index (χ2v) is 6.77. The largest absolute Gasteiger partial charge is 0.508 e. The van der Waals surface area contributed by atoms with Gasteiger partial charge in [-0.1, -0.05) is 45.0 Å². The van der Waals surface area contributed by atoms with Crippen LogP contribution in [-0.2, 0) is 16.6 Å². The molecule has 0 spiro atoms. The molecule has 0 aromatic heterocycles. The Balaban J connectivity index is 1.79. The first kappa shape index (κ1) is 17.1. The van der Waals surface area contributed by atoms with E-state index in [-0.39, 0.29) is 17.1 Å². The Hall–Kier alpha value is -2.29. The molecule has 2 rings (SSSR count). The van der Waals surface area contributed by atoms with Gasteiger partial charge in [-0.05, 0) is 53.6 Å². The molecule has 0 radical (unpaired) electrons. The quantitative estimate of drug-likeness (QED) is 0.647. The van der Waals surface area contributed by atoms with E-state index in [1.165, 1.54) is 5.56 Å². The maximum atomic E-state index is 11.9. The molecule has 2 aromatic rings. The van der Waals surface area contributed by atoms with Gasteiger partial charge in [0.15, 0.2) is 0 Å². The van der Waals surface area contributed by atoms with Crippen molar-refractivity contribution in [1.82, 2.24) is 0 Å². The van der Waals surface area contributed by atoms with Crippen LogP contribution in [0.5, 0.6) is 11.5 Å². The molecular weight excluding hydrogens is 288 g/mol. The van der Waals surface area contributed by atoms with Gasteiger partial charge in [0.25, 0.3) is 0 Å². The van der Waals surface area contributed by atoms with Crippen LogP contribution in [0, 0.1) is 0 Å². The molecule has 0 bridgehead atoms. The number of carbonyl (C=O) groups excluding carboxylic acids is 1. The molecule has 3 heteroatoms. The van der Waals surface area contributed by atoms with Crippen molar-refractivity contribution in [3.63, 3.8) is 0 Å². The van der Waals surface area contributed by atoms with Crippen molar-refractivity contribution >= 4 is 5.97 Å². The standard InChI is InChI=1S/C20H24O3/c1-20(2,3)16-9-13-18(14-10-16)23-19(22)6-4-5-15-7-11-17(21)12-8-15/h7-14,21H,4-6H2,1-3H3. The molecule has 0 aliphatic rings. The van der Waals surface area contributed by atoms with Crippen LogP contribution in [0.1, 0.15) is 44.7 Å². The van der Waals surface area contributed by atoms with Crippen LogP contribution < -0.4 is 4.74 Å². The topological polar surface area (TPSA) is 46.5 Å². The highest BCUT2D eigenvalue weighted by atomic mass is 16.5. The Labute approximate surface area is 137 Å². The van der Waals surface area contributed by atoms with Gasteiger partial charge in [-0.2, -0.15) is 0 Å². The van der Waals surface area contributed by atoms with Gasteiger partial charge in [-0.3, -0.25) is 4.79 Å². The SMILES string of the molecule is CC(C)(C)c1ccc(OC(=O)CCCc2ccc(O)cc2)cc1. The molecule has 1 N–H and O–H groups in total. The van der Waals surface area contributed by atoms with E-state index in [9.17, 15) is 9.90 Å². The number of carbonyl (C=O) groups is 1. The number of hydrogen-bond acceptors (Lipinski definition) is 3. The van der Waals surface area contributed by atoms with Gasteiger partial charge < -0.3 is 9.84 Å². The van der Waals surface area contributed by atoms with Gasteiger partial charge in [-0.25, -0.2) is 0 Å². The molecule has 0 fully saturated rings. The number of benzene rings is 2. The Morgan fingerprint density at radius 3 is 2.17 bits per heavy atom. The number of aromatic hydroxyl groups is 1. The van der Waals surface area contributed by atoms with Crippen molar-refractivity contribution in [1.29, 1.82) is 0 Å². The van der Waals surface area contributed by atoms with Crippen LogP contribution in [-0.4, -0.2) is 11.1 Å². The van der Waals surface area contributed by atoms with E-state index in [0.29, 0.717) is 12.2 Å². The molecule has 0 aliphatic carbocycles. The smallest absolute Gasteiger partial charge is 0.311 e. The third kappa shape index (κ3) is 5.44. The summed E-state index contributed by atoms with van der Waals surface area (Å²) in [7, 11) is 0. The van der Waals surface area contributed by atoms with Crippen molar-refractivity contribution < 1.29 is 14.6 Å². The zero-order chi connectivity index (χ0) is 16.9. The van der Waals surface area contributed by atoms with Crippen molar-refractivity contribution in [3.8, 4) is 11.5 Å². The van der Waals surface area contributed by atoms with Crippen LogP contribution >= 0.6 is 0 Å². The number of ether oxygens (including phenoxy) is 1. The molecule has 3 nitrogen and oxygen atoms in total. The number of phenols is 1. The lowest BCUT2D eigenvalue weighted by atomic mass is 9.87. The predicted octanol–water partition coefficient (Wildman–Crippen LogP) is 4.62. The highest BCUT2D eigenvalue weighted by Crippen LogP contribution is 2.24. The minimum Gasteiger partial charge on any atom is -0.508 e. The first-order valence-corrected chi connectivity index (χ1v) is 7.94. The lowest BCUT2D eigenvalue weighted by molar-refractivity contribution is -0.134. The van der Waals surface area contributed by atoms with E-state index in [2.05, 4.69) is 20.8 Å². The zero-order valence-electron chi connectivity index (χ0n) is 14.0. The molecule has 0 unspecified atom stereocenters. The van der Waals surface area contributed by atoms with Crippen LogP contribution in [0.3, 0.4) is 0 Å². The normalized spacial score (nSPS) is 11.3. The van der Waals surface area contributed by atoms with Crippen LogP contribution in [0.2, 0.25) is 0 Å². The van der Waals surface area contributed by atoms with E-state index >= 15 is 0 Å². The molecular formula is C20H24O3. The number of rotatable bonds is 5. The Morgan fingerprint density at radius 1 is 1.00 bits per heavy atom. The maximum absolute atomic E-state index is 11.9. The average Bonchev–Trinajstić information content (AvgIpc) is 2.49. The molecule has 0 aliphatic heterocycles. The molecule has 23 heavy (non-hydrogen) atoms. The van der Waals surface area contributed by atoms with E-state index < -0.39 is 0 Å². The number of hydrogen-bond donors (Lipinski definition) is 1. The summed E-state index contributed by atoms with van der Waals surface area (Å²) < 4.78 is 5.36. The molecule has 0 saturated carbocycles. The third-order valence-corrected chi connectivity index (χ3v) is 3.73. The van der Waals surface area contributed by atoms with Gasteiger partial charge >= 0.3 is 5.97 Å². The Bertz CT molecular complexity index is 634. The molecule has 0 amide bonds. The number of phenolic OH excluding ortho intramolecular Hbond substituents is 1. The van der Waals surface area contributed by atoms with Gasteiger partial charge in [0, 0.05) is 6.42 Å². The van der Waals surface area contributed by atoms with E-state index in [1.54, 1.807) is 12.1 Å². The summed E-state index contributed by atoms with van der Waals surface area (Å²) in [6.07, 6.45) is 1.89. The summed E-state index contributed by atoms with van der Waals surface area (Å²) in [6.45, 7) is 6.45. The van der Waals surface area contributed by atoms with Gasteiger partial charge in [-0.15, -0.1) is 0 Å². The fourth-order valence-corrected chi connectivity index (χ4v) is 2.30. The zero-order valence-corrected chi connectivity index (χ0v) is 14.0. The van der Waals surface area contributed by atoms with Crippen LogP contribution in [0.4, 0.5) is 0 Å². The second-order valence-electron chi connectivity index (χ2n) is 6.77. The van der Waals surface area contributed by atoms with Crippen molar-refractivity contribution in [2.45, 2.75) is 45.4 Å². The number of esters is 1. The highest BCUT2D eigenvalue weighted by molar-refractivity contribution is 5.72. The fourth-order valence-electron chi connectivity index (χ4n) is 2.30. The van der Waals surface area contributed by atoms with E-state index in [4.69, 9.17) is 4.74 Å². The van der Waals surface area contributed by atoms with Crippen molar-refractivity contribution in [2.75, 3.05) is 0 Å². The highest BCUT2D eigenvalue weighted by Gasteiger charge is 2.13. The Morgan fingerprint density at radius 2 is 1.61 bits per heavy atom. The minimum absolute atomic E-state index is 0.0899. The first-order valence-electron chi connectivity index (χ1n) is 7.94. The van der Waals surface area contributed by atoms with Gasteiger partial charge in [0.05, 0.1) is 0 Å². The van der Waals surface area contributed by atoms with E-state index in [0.717, 1.165) is 18.4 Å². The molecule has 122 valence electrons. The van der Waals surface area contributed by atoms with Crippen molar-refractivity contribution in [3.05, 3.63) is 59.7 Å². The summed E-state index contributed by atoms with van der Waals surface area (Å²) in [4.78, 5) is 11.9. The summed E-state index contributed by atoms with van der Waals surface area (Å²) in [5.41, 5.74) is 2.40. The lowest BCUT2D eigenvalue weighted by Gasteiger charge is -2.18. The minimum atomic E-state index is -0.215.